The Kier molecular flexibility index (Phi) is 5.92. The summed E-state index contributed by atoms with van der Waals surface area (Å²) in [5.41, 5.74) is 0.463. The number of nitrogens with one attached hydrogen (secondary N) is 1. The van der Waals surface area contributed by atoms with Crippen LogP contribution in [0.1, 0.15) is 43.1 Å². The van der Waals surface area contributed by atoms with Gasteiger partial charge in [0.05, 0.1) is 6.61 Å². The van der Waals surface area contributed by atoms with Gasteiger partial charge in [0.15, 0.2) is 0 Å². The van der Waals surface area contributed by atoms with E-state index in [0.29, 0.717) is 30.8 Å². The largest absolute Gasteiger partial charge is 0.383 e. The molecule has 1 aromatic rings. The highest BCUT2D eigenvalue weighted by Gasteiger charge is 2.27. The van der Waals surface area contributed by atoms with E-state index < -0.39 is 0 Å². The average molecular weight is 292 g/mol. The molecular weight excluding hydrogens is 268 g/mol. The normalized spacial score (nSPS) is 18.6. The smallest absolute Gasteiger partial charge is 0.272 e. The van der Waals surface area contributed by atoms with E-state index in [2.05, 4.69) is 22.2 Å². The maximum atomic E-state index is 12.6. The van der Waals surface area contributed by atoms with Crippen LogP contribution >= 0.6 is 0 Å². The van der Waals surface area contributed by atoms with Gasteiger partial charge in [-0.3, -0.25) is 4.79 Å². The zero-order valence-corrected chi connectivity index (χ0v) is 12.8. The molecule has 1 aromatic heterocycles. The van der Waals surface area contributed by atoms with Crippen molar-refractivity contribution in [1.82, 2.24) is 14.9 Å². The Morgan fingerprint density at radius 1 is 1.52 bits per heavy atom. The molecule has 0 radical (unpaired) electrons. The van der Waals surface area contributed by atoms with Crippen LogP contribution in [-0.4, -0.2) is 53.6 Å². The number of amides is 1. The lowest BCUT2D eigenvalue weighted by molar-refractivity contribution is 0.0602. The second kappa shape index (κ2) is 7.93. The number of ether oxygens (including phenoxy) is 1. The van der Waals surface area contributed by atoms with Gasteiger partial charge in [-0.05, 0) is 31.7 Å². The predicted octanol–water partition coefficient (Wildman–Crippen LogP) is 1.94. The highest BCUT2D eigenvalue weighted by atomic mass is 16.5. The molecule has 0 spiro atoms. The molecule has 0 bridgehead atoms. The SMILES string of the molecule is CCC1CCCCN1C(=O)c1ccnc(NCCOC)n1. The number of piperidine rings is 1. The summed E-state index contributed by atoms with van der Waals surface area (Å²) >= 11 is 0. The van der Waals surface area contributed by atoms with Crippen molar-refractivity contribution in [2.24, 2.45) is 0 Å². The third-order valence-electron chi connectivity index (χ3n) is 3.82. The summed E-state index contributed by atoms with van der Waals surface area (Å²) < 4.78 is 4.97. The molecule has 0 saturated carbocycles. The first kappa shape index (κ1) is 15.7. The van der Waals surface area contributed by atoms with Crippen LogP contribution < -0.4 is 5.32 Å². The van der Waals surface area contributed by atoms with Gasteiger partial charge >= 0.3 is 0 Å². The first-order valence-corrected chi connectivity index (χ1v) is 7.63. The van der Waals surface area contributed by atoms with Gasteiger partial charge in [0, 0.05) is 32.4 Å². The maximum absolute atomic E-state index is 12.6. The van der Waals surface area contributed by atoms with Crippen molar-refractivity contribution in [3.05, 3.63) is 18.0 Å². The molecule has 0 aromatic carbocycles. The van der Waals surface area contributed by atoms with Gasteiger partial charge in [-0.2, -0.15) is 0 Å². The molecule has 6 heteroatoms. The number of carbonyl (C=O) groups is 1. The topological polar surface area (TPSA) is 67.4 Å². The van der Waals surface area contributed by atoms with Gasteiger partial charge in [0.2, 0.25) is 5.95 Å². The van der Waals surface area contributed by atoms with Crippen molar-refractivity contribution in [1.29, 1.82) is 0 Å². The Hall–Kier alpha value is -1.69. The standard InChI is InChI=1S/C15H24N4O2/c1-3-12-6-4-5-10-19(12)14(20)13-7-8-16-15(18-13)17-9-11-21-2/h7-8,12H,3-6,9-11H2,1-2H3,(H,16,17,18). The second-order valence-corrected chi connectivity index (χ2v) is 5.24. The number of aromatic nitrogens is 2. The number of rotatable bonds is 6. The molecule has 1 aliphatic heterocycles. The quantitative estimate of drug-likeness (QED) is 0.812. The van der Waals surface area contributed by atoms with Gasteiger partial charge < -0.3 is 15.0 Å². The van der Waals surface area contributed by atoms with E-state index in [4.69, 9.17) is 4.74 Å². The molecule has 116 valence electrons. The predicted molar refractivity (Wildman–Crippen MR) is 81.4 cm³/mol. The van der Waals surface area contributed by atoms with Crippen molar-refractivity contribution in [3.8, 4) is 0 Å². The summed E-state index contributed by atoms with van der Waals surface area (Å²) in [6, 6.07) is 2.02. The first-order chi connectivity index (χ1) is 10.3. The van der Waals surface area contributed by atoms with Gasteiger partial charge in [0.25, 0.3) is 5.91 Å². The fourth-order valence-electron chi connectivity index (χ4n) is 2.67. The monoisotopic (exact) mass is 292 g/mol. The number of hydrogen-bond donors (Lipinski definition) is 1. The summed E-state index contributed by atoms with van der Waals surface area (Å²) in [7, 11) is 1.64. The number of carbonyl (C=O) groups excluding carboxylic acids is 1. The van der Waals surface area contributed by atoms with Crippen LogP contribution in [0, 0.1) is 0 Å². The molecule has 1 fully saturated rings. The fourth-order valence-corrected chi connectivity index (χ4v) is 2.67. The summed E-state index contributed by atoms with van der Waals surface area (Å²) in [4.78, 5) is 23.0. The third-order valence-corrected chi connectivity index (χ3v) is 3.82. The van der Waals surface area contributed by atoms with E-state index in [1.165, 1.54) is 6.42 Å². The van der Waals surface area contributed by atoms with Crippen LogP contribution in [0.15, 0.2) is 12.3 Å². The maximum Gasteiger partial charge on any atom is 0.272 e. The minimum atomic E-state index is 0.0127. The van der Waals surface area contributed by atoms with Crippen LogP contribution in [0.25, 0.3) is 0 Å². The molecule has 1 saturated heterocycles. The molecule has 6 nitrogen and oxygen atoms in total. The highest BCUT2D eigenvalue weighted by molar-refractivity contribution is 5.92. The van der Waals surface area contributed by atoms with Gasteiger partial charge in [0.1, 0.15) is 5.69 Å². The van der Waals surface area contributed by atoms with Crippen LogP contribution in [-0.2, 0) is 4.74 Å². The molecule has 21 heavy (non-hydrogen) atoms. The fraction of sp³-hybridized carbons (Fsp3) is 0.667. The van der Waals surface area contributed by atoms with E-state index in [1.807, 2.05) is 4.90 Å². The van der Waals surface area contributed by atoms with E-state index in [9.17, 15) is 4.79 Å². The summed E-state index contributed by atoms with van der Waals surface area (Å²) in [5, 5.41) is 3.05. The Balaban J connectivity index is 2.05. The van der Waals surface area contributed by atoms with Crippen LogP contribution in [0.3, 0.4) is 0 Å². The molecule has 1 unspecified atom stereocenters. The van der Waals surface area contributed by atoms with Crippen LogP contribution in [0.4, 0.5) is 5.95 Å². The molecule has 0 aliphatic carbocycles. The van der Waals surface area contributed by atoms with Crippen molar-refractivity contribution in [2.75, 3.05) is 32.1 Å². The number of likely N-dealkylation sites (tertiary alicyclic amines) is 1. The molecule has 1 atom stereocenters. The Labute approximate surface area is 125 Å². The molecule has 2 heterocycles. The Morgan fingerprint density at radius 3 is 3.14 bits per heavy atom. The number of hydrogen-bond acceptors (Lipinski definition) is 5. The average Bonchev–Trinajstić information content (AvgIpc) is 2.54. The lowest BCUT2D eigenvalue weighted by Crippen LogP contribution is -2.43. The minimum absolute atomic E-state index is 0.0127. The van der Waals surface area contributed by atoms with Crippen molar-refractivity contribution < 1.29 is 9.53 Å². The summed E-state index contributed by atoms with van der Waals surface area (Å²) in [5.74, 6) is 0.488. The molecular formula is C15H24N4O2. The lowest BCUT2D eigenvalue weighted by Gasteiger charge is -2.35. The number of nitrogens with zero attached hydrogens (tertiary/aromatic N) is 3. The van der Waals surface area contributed by atoms with Gasteiger partial charge in [-0.15, -0.1) is 0 Å². The van der Waals surface area contributed by atoms with Gasteiger partial charge in [-0.25, -0.2) is 9.97 Å². The first-order valence-electron chi connectivity index (χ1n) is 7.63. The lowest BCUT2D eigenvalue weighted by atomic mass is 9.99. The number of anilines is 1. The van der Waals surface area contributed by atoms with Crippen molar-refractivity contribution in [3.63, 3.8) is 0 Å². The second-order valence-electron chi connectivity index (χ2n) is 5.24. The number of methoxy groups -OCH3 is 1. The third kappa shape index (κ3) is 4.14. The molecule has 1 amide bonds. The Bertz CT molecular complexity index is 467. The van der Waals surface area contributed by atoms with Crippen molar-refractivity contribution in [2.45, 2.75) is 38.6 Å². The Morgan fingerprint density at radius 2 is 2.38 bits per heavy atom. The minimum Gasteiger partial charge on any atom is -0.383 e. The molecule has 2 rings (SSSR count). The zero-order chi connectivity index (χ0) is 15.1. The van der Waals surface area contributed by atoms with E-state index in [1.54, 1.807) is 19.4 Å². The van der Waals surface area contributed by atoms with Gasteiger partial charge in [-0.1, -0.05) is 6.92 Å². The summed E-state index contributed by atoms with van der Waals surface area (Å²) in [6.45, 7) is 4.16. The van der Waals surface area contributed by atoms with Crippen molar-refractivity contribution >= 4 is 11.9 Å². The molecule has 1 aliphatic rings. The zero-order valence-electron chi connectivity index (χ0n) is 12.8. The van der Waals surface area contributed by atoms with Crippen LogP contribution in [0.5, 0.6) is 0 Å². The molecule has 1 N–H and O–H groups in total. The van der Waals surface area contributed by atoms with E-state index in [-0.39, 0.29) is 5.91 Å². The summed E-state index contributed by atoms with van der Waals surface area (Å²) in [6.07, 6.45) is 5.99. The highest BCUT2D eigenvalue weighted by Crippen LogP contribution is 2.21. The van der Waals surface area contributed by atoms with E-state index >= 15 is 0 Å². The van der Waals surface area contributed by atoms with E-state index in [0.717, 1.165) is 25.8 Å². The van der Waals surface area contributed by atoms with Crippen LogP contribution in [0.2, 0.25) is 0 Å².